The number of unbranched alkanes of at least 4 members (excludes halogenated alkanes) is 1. The molecule has 0 heterocycles. The molecule has 0 aromatic rings. The molecular weight excluding hydrogens is 245 g/mol. The zero-order valence-electron chi connectivity index (χ0n) is 11.3. The largest absolute Gasteiger partial charge is 0.466 e. The fraction of sp³-hybridized carbons (Fsp3) is 0.923. The molecule has 2 unspecified atom stereocenters. The Morgan fingerprint density at radius 1 is 1.11 bits per heavy atom. The molecule has 2 nitrogen and oxygen atoms in total. The van der Waals surface area contributed by atoms with Crippen LogP contribution >= 0.6 is 0 Å². The molecule has 0 aliphatic heterocycles. The van der Waals surface area contributed by atoms with Crippen molar-refractivity contribution in [3.8, 4) is 0 Å². The van der Waals surface area contributed by atoms with E-state index in [2.05, 4.69) is 4.74 Å². The molecule has 2 atom stereocenters. The summed E-state index contributed by atoms with van der Waals surface area (Å²) in [5, 5.41) is 0. The Kier molecular flexibility index (Phi) is 8.03. The zero-order valence-corrected chi connectivity index (χ0v) is 11.3. The molecule has 0 fully saturated rings. The van der Waals surface area contributed by atoms with Crippen molar-refractivity contribution in [2.75, 3.05) is 6.61 Å². The van der Waals surface area contributed by atoms with Gasteiger partial charge in [0.05, 0.1) is 6.61 Å². The second kappa shape index (κ2) is 8.38. The molecule has 0 aromatic heterocycles. The van der Waals surface area contributed by atoms with Gasteiger partial charge in [-0.2, -0.15) is 13.2 Å². The number of ether oxygens (including phenoxy) is 1. The first kappa shape index (κ1) is 17.3. The molecule has 0 saturated carbocycles. The molecule has 0 amide bonds. The lowest BCUT2D eigenvalue weighted by molar-refractivity contribution is -0.208. The van der Waals surface area contributed by atoms with Crippen molar-refractivity contribution in [1.82, 2.24) is 0 Å². The van der Waals surface area contributed by atoms with E-state index in [0.717, 1.165) is 6.42 Å². The third-order valence-electron chi connectivity index (χ3n) is 2.95. The van der Waals surface area contributed by atoms with Crippen molar-refractivity contribution in [3.63, 3.8) is 0 Å². The number of halogens is 3. The van der Waals surface area contributed by atoms with Crippen LogP contribution in [0.4, 0.5) is 13.2 Å². The summed E-state index contributed by atoms with van der Waals surface area (Å²) in [5.41, 5.74) is 0. The van der Waals surface area contributed by atoms with Crippen LogP contribution in [0.2, 0.25) is 0 Å². The molecule has 18 heavy (non-hydrogen) atoms. The van der Waals surface area contributed by atoms with Gasteiger partial charge < -0.3 is 4.74 Å². The molecule has 0 aliphatic rings. The highest BCUT2D eigenvalue weighted by atomic mass is 19.4. The Morgan fingerprint density at radius 3 is 2.11 bits per heavy atom. The Hall–Kier alpha value is -0.740. The number of esters is 1. The van der Waals surface area contributed by atoms with Gasteiger partial charge in [0, 0.05) is 0 Å². The van der Waals surface area contributed by atoms with Crippen LogP contribution in [-0.4, -0.2) is 18.8 Å². The molecule has 0 aliphatic carbocycles. The number of alkyl halides is 3. The van der Waals surface area contributed by atoms with E-state index in [4.69, 9.17) is 0 Å². The summed E-state index contributed by atoms with van der Waals surface area (Å²) < 4.78 is 43.6. The van der Waals surface area contributed by atoms with Gasteiger partial charge in [0.1, 0.15) is 0 Å². The van der Waals surface area contributed by atoms with Crippen LogP contribution in [0.25, 0.3) is 0 Å². The van der Waals surface area contributed by atoms with Crippen LogP contribution in [0.3, 0.4) is 0 Å². The normalized spacial score (nSPS) is 15.2. The molecule has 0 aromatic carbocycles. The Labute approximate surface area is 107 Å². The lowest BCUT2D eigenvalue weighted by Crippen LogP contribution is -2.38. The van der Waals surface area contributed by atoms with Crippen LogP contribution < -0.4 is 0 Å². The third kappa shape index (κ3) is 5.74. The van der Waals surface area contributed by atoms with Crippen LogP contribution in [0.15, 0.2) is 0 Å². The van der Waals surface area contributed by atoms with E-state index in [0.29, 0.717) is 25.7 Å². The standard InChI is InChI=1S/C13H23F3O2/c1-4-7-9-10(8-5-2)11(13(14,15)16)12(17)18-6-3/h10-11H,4-9H2,1-3H3. The Bertz CT molecular complexity index is 239. The maximum Gasteiger partial charge on any atom is 0.402 e. The predicted molar refractivity (Wildman–Crippen MR) is 64.1 cm³/mol. The monoisotopic (exact) mass is 268 g/mol. The van der Waals surface area contributed by atoms with E-state index in [-0.39, 0.29) is 6.61 Å². The molecule has 0 rings (SSSR count). The van der Waals surface area contributed by atoms with E-state index in [1.165, 1.54) is 6.92 Å². The number of hydrogen-bond donors (Lipinski definition) is 0. The van der Waals surface area contributed by atoms with Crippen molar-refractivity contribution in [1.29, 1.82) is 0 Å². The molecule has 5 heteroatoms. The van der Waals surface area contributed by atoms with Gasteiger partial charge in [-0.3, -0.25) is 4.79 Å². The van der Waals surface area contributed by atoms with Crippen LogP contribution in [0, 0.1) is 11.8 Å². The van der Waals surface area contributed by atoms with Gasteiger partial charge in [-0.15, -0.1) is 0 Å². The summed E-state index contributed by atoms with van der Waals surface area (Å²) in [4.78, 5) is 11.5. The average molecular weight is 268 g/mol. The molecular formula is C13H23F3O2. The van der Waals surface area contributed by atoms with Crippen LogP contribution in [0.5, 0.6) is 0 Å². The smallest absolute Gasteiger partial charge is 0.402 e. The van der Waals surface area contributed by atoms with Gasteiger partial charge in [0.15, 0.2) is 5.92 Å². The van der Waals surface area contributed by atoms with Gasteiger partial charge in [0.25, 0.3) is 0 Å². The van der Waals surface area contributed by atoms with E-state index in [9.17, 15) is 18.0 Å². The van der Waals surface area contributed by atoms with Crippen molar-refractivity contribution in [2.24, 2.45) is 11.8 Å². The first-order valence-electron chi connectivity index (χ1n) is 6.61. The van der Waals surface area contributed by atoms with Crippen molar-refractivity contribution >= 4 is 5.97 Å². The maximum atomic E-state index is 13.0. The highest BCUT2D eigenvalue weighted by Crippen LogP contribution is 2.37. The van der Waals surface area contributed by atoms with Crippen molar-refractivity contribution < 1.29 is 22.7 Å². The third-order valence-corrected chi connectivity index (χ3v) is 2.95. The number of hydrogen-bond acceptors (Lipinski definition) is 2. The van der Waals surface area contributed by atoms with Gasteiger partial charge in [-0.05, 0) is 25.7 Å². The summed E-state index contributed by atoms with van der Waals surface area (Å²) >= 11 is 0. The fourth-order valence-electron chi connectivity index (χ4n) is 2.14. The quantitative estimate of drug-likeness (QED) is 0.612. The number of carbonyl (C=O) groups excluding carboxylic acids is 1. The van der Waals surface area contributed by atoms with E-state index < -0.39 is 24.0 Å². The van der Waals surface area contributed by atoms with Crippen molar-refractivity contribution in [3.05, 3.63) is 0 Å². The lowest BCUT2D eigenvalue weighted by atomic mass is 9.84. The van der Waals surface area contributed by atoms with Gasteiger partial charge in [0.2, 0.25) is 0 Å². The average Bonchev–Trinajstić information content (AvgIpc) is 2.24. The van der Waals surface area contributed by atoms with Gasteiger partial charge >= 0.3 is 12.1 Å². The predicted octanol–water partition coefficient (Wildman–Crippen LogP) is 4.33. The summed E-state index contributed by atoms with van der Waals surface area (Å²) in [5.74, 6) is -3.75. The topological polar surface area (TPSA) is 26.3 Å². The molecule has 0 radical (unpaired) electrons. The Balaban J connectivity index is 4.91. The van der Waals surface area contributed by atoms with E-state index in [1.807, 2.05) is 13.8 Å². The maximum absolute atomic E-state index is 13.0. The van der Waals surface area contributed by atoms with Crippen LogP contribution in [-0.2, 0) is 9.53 Å². The second-order valence-corrected chi connectivity index (χ2v) is 4.46. The summed E-state index contributed by atoms with van der Waals surface area (Å²) in [7, 11) is 0. The van der Waals surface area contributed by atoms with Crippen LogP contribution in [0.1, 0.15) is 52.9 Å². The SMILES string of the molecule is CCCCC(CCC)C(C(=O)OCC)C(F)(F)F. The highest BCUT2D eigenvalue weighted by Gasteiger charge is 2.49. The number of rotatable bonds is 8. The van der Waals surface area contributed by atoms with E-state index >= 15 is 0 Å². The zero-order chi connectivity index (χ0) is 14.2. The van der Waals surface area contributed by atoms with Gasteiger partial charge in [-0.1, -0.05) is 33.1 Å². The lowest BCUT2D eigenvalue weighted by Gasteiger charge is -2.27. The minimum Gasteiger partial charge on any atom is -0.466 e. The summed E-state index contributed by atoms with van der Waals surface area (Å²) in [6.45, 7) is 5.26. The molecule has 0 spiro atoms. The first-order chi connectivity index (χ1) is 8.38. The number of carbonyl (C=O) groups is 1. The summed E-state index contributed by atoms with van der Waals surface area (Å²) in [6.07, 6.45) is -1.51. The molecule has 0 N–H and O–H groups in total. The minimum absolute atomic E-state index is 0.0158. The van der Waals surface area contributed by atoms with Gasteiger partial charge in [-0.25, -0.2) is 0 Å². The molecule has 0 saturated heterocycles. The fourth-order valence-corrected chi connectivity index (χ4v) is 2.14. The summed E-state index contributed by atoms with van der Waals surface area (Å²) in [6, 6.07) is 0. The highest BCUT2D eigenvalue weighted by molar-refractivity contribution is 5.73. The first-order valence-corrected chi connectivity index (χ1v) is 6.61. The molecule has 108 valence electrons. The van der Waals surface area contributed by atoms with E-state index in [1.54, 1.807) is 0 Å². The Morgan fingerprint density at radius 2 is 1.72 bits per heavy atom. The molecule has 0 bridgehead atoms. The minimum atomic E-state index is -4.51. The second-order valence-electron chi connectivity index (χ2n) is 4.46. The van der Waals surface area contributed by atoms with Crippen molar-refractivity contribution in [2.45, 2.75) is 59.1 Å².